The molecule has 0 fully saturated rings. The van der Waals surface area contributed by atoms with Crippen molar-refractivity contribution in [3.05, 3.63) is 47.1 Å². The van der Waals surface area contributed by atoms with Crippen LogP contribution in [0.3, 0.4) is 0 Å². The molecule has 0 amide bonds. The smallest absolute Gasteiger partial charge is 0.194 e. The summed E-state index contributed by atoms with van der Waals surface area (Å²) < 4.78 is 28.6. The summed E-state index contributed by atoms with van der Waals surface area (Å²) in [7, 11) is 0. The van der Waals surface area contributed by atoms with Gasteiger partial charge < -0.3 is 5.73 Å². The first-order chi connectivity index (χ1) is 9.69. The van der Waals surface area contributed by atoms with E-state index < -0.39 is 11.6 Å². The fraction of sp³-hybridized carbons (Fsp3) is 0.154. The minimum atomic E-state index is -0.583. The molecule has 0 bridgehead atoms. The van der Waals surface area contributed by atoms with Gasteiger partial charge in [-0.15, -0.1) is 11.3 Å². The van der Waals surface area contributed by atoms with Crippen LogP contribution in [0.15, 0.2) is 39.7 Å². The summed E-state index contributed by atoms with van der Waals surface area (Å²) in [5.74, 6) is -1.16. The standard InChI is InChI=1S/C13H11F2N3S2/c14-8-1-2-11(9(15)7-8)20-12-10(3-4-16)18-5-6-19-13(18)17-12/h1-2,5-7H,3-4,16H2. The van der Waals surface area contributed by atoms with Gasteiger partial charge in [-0.05, 0) is 18.7 Å². The Morgan fingerprint density at radius 1 is 1.35 bits per heavy atom. The maximum Gasteiger partial charge on any atom is 0.194 e. The van der Waals surface area contributed by atoms with E-state index in [4.69, 9.17) is 5.73 Å². The first-order valence-corrected chi connectivity index (χ1v) is 7.66. The van der Waals surface area contributed by atoms with Gasteiger partial charge in [-0.3, -0.25) is 4.40 Å². The van der Waals surface area contributed by atoms with Crippen molar-refractivity contribution in [2.45, 2.75) is 16.3 Å². The highest BCUT2D eigenvalue weighted by Gasteiger charge is 2.15. The topological polar surface area (TPSA) is 43.3 Å². The number of hydrogen-bond donors (Lipinski definition) is 1. The molecule has 0 aliphatic heterocycles. The molecule has 20 heavy (non-hydrogen) atoms. The largest absolute Gasteiger partial charge is 0.330 e. The maximum atomic E-state index is 13.7. The summed E-state index contributed by atoms with van der Waals surface area (Å²) >= 11 is 2.71. The number of aromatic nitrogens is 2. The van der Waals surface area contributed by atoms with Crippen molar-refractivity contribution in [1.82, 2.24) is 9.38 Å². The van der Waals surface area contributed by atoms with Crippen molar-refractivity contribution in [2.75, 3.05) is 6.54 Å². The number of imidazole rings is 1. The molecule has 2 heterocycles. The fourth-order valence-electron chi connectivity index (χ4n) is 1.92. The van der Waals surface area contributed by atoms with E-state index in [1.54, 1.807) is 0 Å². The van der Waals surface area contributed by atoms with Gasteiger partial charge in [0.05, 0.1) is 5.69 Å². The molecule has 0 saturated heterocycles. The molecular weight excluding hydrogens is 300 g/mol. The van der Waals surface area contributed by atoms with Crippen LogP contribution in [0.1, 0.15) is 5.69 Å². The molecule has 1 aromatic carbocycles. The lowest BCUT2D eigenvalue weighted by molar-refractivity contribution is 0.565. The molecule has 2 aromatic heterocycles. The lowest BCUT2D eigenvalue weighted by Gasteiger charge is -2.04. The normalized spacial score (nSPS) is 11.3. The van der Waals surface area contributed by atoms with Crippen molar-refractivity contribution in [3.8, 4) is 0 Å². The second-order valence-corrected chi connectivity index (χ2v) is 6.04. The van der Waals surface area contributed by atoms with E-state index in [-0.39, 0.29) is 0 Å². The highest BCUT2D eigenvalue weighted by Crippen LogP contribution is 2.33. The molecule has 0 aliphatic carbocycles. The summed E-state index contributed by atoms with van der Waals surface area (Å²) in [4.78, 5) is 5.68. The summed E-state index contributed by atoms with van der Waals surface area (Å²) in [6, 6.07) is 3.55. The van der Waals surface area contributed by atoms with Crippen LogP contribution in [-0.2, 0) is 6.42 Å². The van der Waals surface area contributed by atoms with E-state index in [2.05, 4.69) is 4.98 Å². The Hall–Kier alpha value is -1.44. The zero-order chi connectivity index (χ0) is 14.1. The van der Waals surface area contributed by atoms with E-state index in [0.717, 1.165) is 16.7 Å². The number of halogens is 2. The minimum absolute atomic E-state index is 0.357. The Morgan fingerprint density at radius 2 is 2.20 bits per heavy atom. The average molecular weight is 311 g/mol. The van der Waals surface area contributed by atoms with Crippen LogP contribution in [-0.4, -0.2) is 15.9 Å². The van der Waals surface area contributed by atoms with Crippen LogP contribution in [0, 0.1) is 11.6 Å². The Labute approximate surface area is 122 Å². The highest BCUT2D eigenvalue weighted by molar-refractivity contribution is 7.99. The Bertz CT molecular complexity index is 751. The number of thiazole rings is 1. The molecule has 3 nitrogen and oxygen atoms in total. The van der Waals surface area contributed by atoms with E-state index in [9.17, 15) is 8.78 Å². The van der Waals surface area contributed by atoms with Crippen LogP contribution in [0.2, 0.25) is 0 Å². The number of rotatable bonds is 4. The van der Waals surface area contributed by atoms with Crippen LogP contribution >= 0.6 is 23.1 Å². The molecule has 0 aliphatic rings. The van der Waals surface area contributed by atoms with Crippen LogP contribution in [0.4, 0.5) is 8.78 Å². The molecule has 0 atom stereocenters. The summed E-state index contributed by atoms with van der Waals surface area (Å²) in [5, 5.41) is 2.66. The third-order valence-electron chi connectivity index (χ3n) is 2.81. The van der Waals surface area contributed by atoms with E-state index in [1.165, 1.54) is 35.2 Å². The average Bonchev–Trinajstić information content (AvgIpc) is 2.96. The molecule has 0 unspecified atom stereocenters. The molecule has 2 N–H and O–H groups in total. The number of nitrogens with zero attached hydrogens (tertiary/aromatic N) is 2. The van der Waals surface area contributed by atoms with Gasteiger partial charge in [0.2, 0.25) is 0 Å². The third kappa shape index (κ3) is 2.44. The summed E-state index contributed by atoms with van der Waals surface area (Å²) in [6.45, 7) is 0.489. The Balaban J connectivity index is 2.01. The number of hydrogen-bond acceptors (Lipinski definition) is 4. The fourth-order valence-corrected chi connectivity index (χ4v) is 3.66. The number of benzene rings is 1. The SMILES string of the molecule is NCCc1c(Sc2ccc(F)cc2F)nc2sccn12. The first-order valence-electron chi connectivity index (χ1n) is 5.96. The quantitative estimate of drug-likeness (QED) is 0.804. The lowest BCUT2D eigenvalue weighted by atomic mass is 10.3. The molecule has 7 heteroatoms. The molecule has 0 radical (unpaired) electrons. The Morgan fingerprint density at radius 3 is 2.95 bits per heavy atom. The summed E-state index contributed by atoms with van der Waals surface area (Å²) in [5.41, 5.74) is 6.58. The first kappa shape index (κ1) is 13.5. The van der Waals surface area contributed by atoms with Crippen LogP contribution < -0.4 is 5.73 Å². The predicted octanol–water partition coefficient (Wildman–Crippen LogP) is 3.33. The van der Waals surface area contributed by atoms with Gasteiger partial charge in [-0.25, -0.2) is 13.8 Å². The van der Waals surface area contributed by atoms with Crippen LogP contribution in [0.25, 0.3) is 4.96 Å². The van der Waals surface area contributed by atoms with Gasteiger partial charge in [-0.1, -0.05) is 11.8 Å². The van der Waals surface area contributed by atoms with E-state index in [1.807, 2.05) is 16.0 Å². The van der Waals surface area contributed by atoms with Gasteiger partial charge >= 0.3 is 0 Å². The molecular formula is C13H11F2N3S2. The van der Waals surface area contributed by atoms with Crippen molar-refractivity contribution in [3.63, 3.8) is 0 Å². The monoisotopic (exact) mass is 311 g/mol. The highest BCUT2D eigenvalue weighted by atomic mass is 32.2. The predicted molar refractivity (Wildman–Crippen MR) is 76.3 cm³/mol. The van der Waals surface area contributed by atoms with Gasteiger partial charge in [0.25, 0.3) is 0 Å². The van der Waals surface area contributed by atoms with Gasteiger partial charge in [0.1, 0.15) is 16.7 Å². The van der Waals surface area contributed by atoms with Crippen molar-refractivity contribution in [1.29, 1.82) is 0 Å². The lowest BCUT2D eigenvalue weighted by Crippen LogP contribution is -2.05. The van der Waals surface area contributed by atoms with Crippen LogP contribution in [0.5, 0.6) is 0 Å². The van der Waals surface area contributed by atoms with Crippen molar-refractivity contribution in [2.24, 2.45) is 5.73 Å². The molecule has 104 valence electrons. The van der Waals surface area contributed by atoms with Gasteiger partial charge in [0, 0.05) is 29.0 Å². The third-order valence-corrected chi connectivity index (χ3v) is 4.63. The zero-order valence-electron chi connectivity index (χ0n) is 10.3. The number of nitrogens with two attached hydrogens (primary N) is 1. The van der Waals surface area contributed by atoms with E-state index in [0.29, 0.717) is 22.9 Å². The molecule has 0 spiro atoms. The van der Waals surface area contributed by atoms with Crippen molar-refractivity contribution < 1.29 is 8.78 Å². The van der Waals surface area contributed by atoms with E-state index >= 15 is 0 Å². The Kier molecular flexibility index (Phi) is 3.73. The van der Waals surface area contributed by atoms with Crippen molar-refractivity contribution >= 4 is 28.1 Å². The molecule has 0 saturated carbocycles. The zero-order valence-corrected chi connectivity index (χ0v) is 12.0. The second kappa shape index (κ2) is 5.51. The maximum absolute atomic E-state index is 13.7. The van der Waals surface area contributed by atoms with Gasteiger partial charge in [-0.2, -0.15) is 0 Å². The summed E-state index contributed by atoms with van der Waals surface area (Å²) in [6.07, 6.45) is 2.58. The second-order valence-electron chi connectivity index (χ2n) is 4.13. The van der Waals surface area contributed by atoms with Gasteiger partial charge in [0.15, 0.2) is 4.96 Å². The molecule has 3 rings (SSSR count). The minimum Gasteiger partial charge on any atom is -0.330 e. The molecule has 3 aromatic rings. The number of fused-ring (bicyclic) bond motifs is 1.